The zero-order chi connectivity index (χ0) is 17.1. The van der Waals surface area contributed by atoms with Gasteiger partial charge in [-0.2, -0.15) is 0 Å². The van der Waals surface area contributed by atoms with E-state index in [1.807, 2.05) is 43.3 Å². The van der Waals surface area contributed by atoms with E-state index < -0.39 is 0 Å². The molecule has 1 fully saturated rings. The topological polar surface area (TPSA) is 51.5 Å². The standard InChI is InChI=1S/C19H20N2O3/c1-14-10-16(11-19(23)20(14)2)24-17-12-21(13-17)18(22)9-8-15-6-4-3-5-7-15/h3-11,17H,12-13H2,1-2H3. The number of aromatic nitrogens is 1. The third-order valence-electron chi connectivity index (χ3n) is 4.16. The zero-order valence-corrected chi connectivity index (χ0v) is 13.8. The molecule has 1 aliphatic heterocycles. The number of amides is 1. The van der Waals surface area contributed by atoms with E-state index in [1.54, 1.807) is 28.7 Å². The van der Waals surface area contributed by atoms with Crippen LogP contribution >= 0.6 is 0 Å². The normalized spacial score (nSPS) is 14.7. The highest BCUT2D eigenvalue weighted by Crippen LogP contribution is 2.18. The number of carbonyl (C=O) groups excluding carboxylic acids is 1. The number of ether oxygens (including phenoxy) is 1. The maximum Gasteiger partial charge on any atom is 0.254 e. The first kappa shape index (κ1) is 16.1. The van der Waals surface area contributed by atoms with E-state index in [2.05, 4.69) is 0 Å². The van der Waals surface area contributed by atoms with Gasteiger partial charge in [-0.3, -0.25) is 9.59 Å². The highest BCUT2D eigenvalue weighted by atomic mass is 16.5. The van der Waals surface area contributed by atoms with Crippen LogP contribution in [-0.2, 0) is 11.8 Å². The summed E-state index contributed by atoms with van der Waals surface area (Å²) >= 11 is 0. The average Bonchev–Trinajstić information content (AvgIpc) is 2.54. The monoisotopic (exact) mass is 324 g/mol. The van der Waals surface area contributed by atoms with Crippen molar-refractivity contribution >= 4 is 12.0 Å². The summed E-state index contributed by atoms with van der Waals surface area (Å²) in [6.45, 7) is 2.93. The van der Waals surface area contributed by atoms with Crippen molar-refractivity contribution in [1.29, 1.82) is 0 Å². The molecule has 0 atom stereocenters. The lowest BCUT2D eigenvalue weighted by molar-refractivity contribution is -0.134. The van der Waals surface area contributed by atoms with Crippen molar-refractivity contribution in [2.24, 2.45) is 7.05 Å². The summed E-state index contributed by atoms with van der Waals surface area (Å²) in [5, 5.41) is 0. The molecule has 0 spiro atoms. The third-order valence-corrected chi connectivity index (χ3v) is 4.16. The largest absolute Gasteiger partial charge is 0.486 e. The Morgan fingerprint density at radius 3 is 2.58 bits per heavy atom. The fourth-order valence-corrected chi connectivity index (χ4v) is 2.53. The van der Waals surface area contributed by atoms with Gasteiger partial charge < -0.3 is 14.2 Å². The van der Waals surface area contributed by atoms with Crippen LogP contribution in [0.4, 0.5) is 0 Å². The number of nitrogens with zero attached hydrogens (tertiary/aromatic N) is 2. The second kappa shape index (κ2) is 6.74. The molecular weight excluding hydrogens is 304 g/mol. The Kier molecular flexibility index (Phi) is 4.51. The molecule has 1 aromatic carbocycles. The van der Waals surface area contributed by atoms with E-state index >= 15 is 0 Å². The lowest BCUT2D eigenvalue weighted by Gasteiger charge is -2.38. The van der Waals surface area contributed by atoms with Crippen LogP contribution in [0, 0.1) is 6.92 Å². The second-order valence-corrected chi connectivity index (χ2v) is 5.96. The van der Waals surface area contributed by atoms with Gasteiger partial charge in [0, 0.05) is 24.9 Å². The molecule has 1 saturated heterocycles. The molecular formula is C19H20N2O3. The number of pyridine rings is 1. The van der Waals surface area contributed by atoms with Gasteiger partial charge in [0.25, 0.3) is 5.56 Å². The Morgan fingerprint density at radius 2 is 1.92 bits per heavy atom. The lowest BCUT2D eigenvalue weighted by atomic mass is 10.1. The summed E-state index contributed by atoms with van der Waals surface area (Å²) in [6.07, 6.45) is 3.32. The number of rotatable bonds is 4. The van der Waals surface area contributed by atoms with Gasteiger partial charge in [-0.05, 0) is 24.6 Å². The molecule has 24 heavy (non-hydrogen) atoms. The lowest BCUT2D eigenvalue weighted by Crippen LogP contribution is -2.55. The molecule has 1 aromatic heterocycles. The number of benzene rings is 1. The van der Waals surface area contributed by atoms with Crippen molar-refractivity contribution in [1.82, 2.24) is 9.47 Å². The first-order valence-electron chi connectivity index (χ1n) is 7.89. The molecule has 2 aromatic rings. The van der Waals surface area contributed by atoms with E-state index in [0.717, 1.165) is 11.3 Å². The van der Waals surface area contributed by atoms with Gasteiger partial charge in [0.1, 0.15) is 11.9 Å². The Labute approximate surface area is 140 Å². The maximum absolute atomic E-state index is 12.1. The molecule has 1 amide bonds. The molecule has 5 heteroatoms. The molecule has 5 nitrogen and oxygen atoms in total. The van der Waals surface area contributed by atoms with Gasteiger partial charge in [-0.15, -0.1) is 0 Å². The number of hydrogen-bond donors (Lipinski definition) is 0. The van der Waals surface area contributed by atoms with E-state index in [9.17, 15) is 9.59 Å². The number of aryl methyl sites for hydroxylation is 1. The van der Waals surface area contributed by atoms with Crippen molar-refractivity contribution in [2.45, 2.75) is 13.0 Å². The summed E-state index contributed by atoms with van der Waals surface area (Å²) in [7, 11) is 1.73. The van der Waals surface area contributed by atoms with Crippen molar-refractivity contribution in [2.75, 3.05) is 13.1 Å². The quantitative estimate of drug-likeness (QED) is 0.808. The van der Waals surface area contributed by atoms with Gasteiger partial charge >= 0.3 is 0 Å². The van der Waals surface area contributed by atoms with Gasteiger partial charge in [0.2, 0.25) is 5.91 Å². The van der Waals surface area contributed by atoms with E-state index in [-0.39, 0.29) is 17.6 Å². The summed E-state index contributed by atoms with van der Waals surface area (Å²) in [6, 6.07) is 13.0. The molecule has 0 N–H and O–H groups in total. The summed E-state index contributed by atoms with van der Waals surface area (Å²) < 4.78 is 7.35. The van der Waals surface area contributed by atoms with Crippen molar-refractivity contribution in [3.05, 3.63) is 70.2 Å². The summed E-state index contributed by atoms with van der Waals surface area (Å²) in [5.41, 5.74) is 1.74. The maximum atomic E-state index is 12.1. The Balaban J connectivity index is 1.53. The minimum absolute atomic E-state index is 0.0288. The van der Waals surface area contributed by atoms with Crippen molar-refractivity contribution < 1.29 is 9.53 Å². The minimum atomic E-state index is -0.0944. The molecule has 0 bridgehead atoms. The van der Waals surface area contributed by atoms with Gasteiger partial charge in [0.15, 0.2) is 0 Å². The van der Waals surface area contributed by atoms with Crippen LogP contribution in [-0.4, -0.2) is 34.6 Å². The van der Waals surface area contributed by atoms with Gasteiger partial charge in [0.05, 0.1) is 13.1 Å². The molecule has 2 heterocycles. The van der Waals surface area contributed by atoms with Crippen molar-refractivity contribution in [3.63, 3.8) is 0 Å². The van der Waals surface area contributed by atoms with Crippen LogP contribution in [0.3, 0.4) is 0 Å². The molecule has 0 aliphatic carbocycles. The van der Waals surface area contributed by atoms with Crippen LogP contribution in [0.1, 0.15) is 11.3 Å². The summed E-state index contributed by atoms with van der Waals surface area (Å²) in [4.78, 5) is 25.6. The Bertz CT molecular complexity index is 818. The van der Waals surface area contributed by atoms with Crippen LogP contribution in [0.25, 0.3) is 6.08 Å². The molecule has 124 valence electrons. The van der Waals surface area contributed by atoms with Gasteiger partial charge in [-0.1, -0.05) is 30.3 Å². The average molecular weight is 324 g/mol. The van der Waals surface area contributed by atoms with E-state index in [0.29, 0.717) is 18.8 Å². The number of hydrogen-bond acceptors (Lipinski definition) is 3. The fraction of sp³-hybridized carbons (Fsp3) is 0.263. The highest BCUT2D eigenvalue weighted by molar-refractivity contribution is 5.92. The SMILES string of the molecule is Cc1cc(OC2CN(C(=O)C=Cc3ccccc3)C2)cc(=O)n1C. The number of carbonyl (C=O) groups is 1. The number of likely N-dealkylation sites (tertiary alicyclic amines) is 1. The smallest absolute Gasteiger partial charge is 0.254 e. The molecule has 0 unspecified atom stereocenters. The van der Waals surface area contributed by atoms with E-state index in [4.69, 9.17) is 4.74 Å². The zero-order valence-electron chi connectivity index (χ0n) is 13.8. The first-order valence-corrected chi connectivity index (χ1v) is 7.89. The molecule has 3 rings (SSSR count). The Hall–Kier alpha value is -2.82. The molecule has 1 aliphatic rings. The minimum Gasteiger partial charge on any atom is -0.486 e. The predicted octanol–water partition coefficient (Wildman–Crippen LogP) is 2.00. The fourth-order valence-electron chi connectivity index (χ4n) is 2.53. The Morgan fingerprint density at radius 1 is 1.21 bits per heavy atom. The third kappa shape index (κ3) is 3.56. The first-order chi connectivity index (χ1) is 11.5. The van der Waals surface area contributed by atoms with Crippen LogP contribution in [0.15, 0.2) is 53.3 Å². The predicted molar refractivity (Wildman–Crippen MR) is 92.9 cm³/mol. The van der Waals surface area contributed by atoms with Gasteiger partial charge in [-0.25, -0.2) is 0 Å². The second-order valence-electron chi connectivity index (χ2n) is 5.96. The van der Waals surface area contributed by atoms with Crippen LogP contribution in [0.2, 0.25) is 0 Å². The van der Waals surface area contributed by atoms with E-state index in [1.165, 1.54) is 6.07 Å². The van der Waals surface area contributed by atoms with Crippen molar-refractivity contribution in [3.8, 4) is 5.75 Å². The molecule has 0 saturated carbocycles. The highest BCUT2D eigenvalue weighted by Gasteiger charge is 2.31. The molecule has 0 radical (unpaired) electrons. The summed E-state index contributed by atoms with van der Waals surface area (Å²) in [5.74, 6) is 0.534. The van der Waals surface area contributed by atoms with Crippen LogP contribution < -0.4 is 10.3 Å². The van der Waals surface area contributed by atoms with Crippen LogP contribution in [0.5, 0.6) is 5.75 Å².